The maximum absolute atomic E-state index is 12.0. The Morgan fingerprint density at radius 2 is 2.15 bits per heavy atom. The van der Waals surface area contributed by atoms with Crippen LogP contribution in [0.25, 0.3) is 0 Å². The SMILES string of the molecule is COC(=O)C(C)=CCn1ncc(N2CCCC2)cc1=O. The molecule has 0 radical (unpaired) electrons. The summed E-state index contributed by atoms with van der Waals surface area (Å²) in [6.07, 6.45) is 5.65. The molecular weight excluding hydrogens is 258 g/mol. The first-order valence-electron chi connectivity index (χ1n) is 6.69. The molecule has 0 saturated carbocycles. The fourth-order valence-corrected chi connectivity index (χ4v) is 2.18. The molecule has 0 spiro atoms. The standard InChI is InChI=1S/C14H19N3O3/c1-11(14(19)20-2)5-8-17-13(18)9-12(10-15-17)16-6-3-4-7-16/h5,9-10H,3-4,6-8H2,1-2H3. The fourth-order valence-electron chi connectivity index (χ4n) is 2.18. The van der Waals surface area contributed by atoms with Crippen LogP contribution >= 0.6 is 0 Å². The summed E-state index contributed by atoms with van der Waals surface area (Å²) in [7, 11) is 1.33. The molecule has 1 aliphatic heterocycles. The van der Waals surface area contributed by atoms with E-state index in [-0.39, 0.29) is 12.1 Å². The Morgan fingerprint density at radius 1 is 1.45 bits per heavy atom. The van der Waals surface area contributed by atoms with Gasteiger partial charge in [0, 0.05) is 24.7 Å². The number of anilines is 1. The Bertz CT molecular complexity index is 571. The second kappa shape index (κ2) is 6.36. The predicted molar refractivity (Wildman–Crippen MR) is 75.7 cm³/mol. The predicted octanol–water partition coefficient (Wildman–Crippen LogP) is 0.963. The number of rotatable bonds is 4. The van der Waals surface area contributed by atoms with Crippen molar-refractivity contribution in [1.82, 2.24) is 9.78 Å². The molecule has 6 heteroatoms. The normalized spacial score (nSPS) is 15.5. The van der Waals surface area contributed by atoms with Crippen molar-refractivity contribution in [1.29, 1.82) is 0 Å². The molecule has 0 atom stereocenters. The molecule has 2 rings (SSSR count). The molecule has 0 amide bonds. The summed E-state index contributed by atoms with van der Waals surface area (Å²) < 4.78 is 5.92. The van der Waals surface area contributed by atoms with Crippen molar-refractivity contribution in [2.75, 3.05) is 25.1 Å². The lowest BCUT2D eigenvalue weighted by molar-refractivity contribution is -0.136. The van der Waals surface area contributed by atoms with Gasteiger partial charge in [0.25, 0.3) is 5.56 Å². The van der Waals surface area contributed by atoms with Crippen molar-refractivity contribution < 1.29 is 9.53 Å². The minimum Gasteiger partial charge on any atom is -0.466 e. The van der Waals surface area contributed by atoms with Crippen molar-refractivity contribution >= 4 is 11.7 Å². The van der Waals surface area contributed by atoms with Crippen molar-refractivity contribution in [2.24, 2.45) is 0 Å². The Hall–Kier alpha value is -2.11. The number of carbonyl (C=O) groups excluding carboxylic acids is 1. The average molecular weight is 277 g/mol. The van der Waals surface area contributed by atoms with E-state index < -0.39 is 5.97 Å². The number of ether oxygens (including phenoxy) is 1. The number of nitrogens with zero attached hydrogens (tertiary/aromatic N) is 3. The highest BCUT2D eigenvalue weighted by Crippen LogP contribution is 2.16. The number of esters is 1. The van der Waals surface area contributed by atoms with Crippen LogP contribution < -0.4 is 10.5 Å². The van der Waals surface area contributed by atoms with Gasteiger partial charge in [-0.15, -0.1) is 0 Å². The Labute approximate surface area is 117 Å². The second-order valence-corrected chi connectivity index (χ2v) is 4.81. The maximum atomic E-state index is 12.0. The minimum absolute atomic E-state index is 0.164. The highest BCUT2D eigenvalue weighted by Gasteiger charge is 2.13. The Balaban J connectivity index is 2.10. The van der Waals surface area contributed by atoms with Crippen LogP contribution in [0.2, 0.25) is 0 Å². The van der Waals surface area contributed by atoms with E-state index in [1.807, 2.05) is 0 Å². The molecule has 1 fully saturated rings. The molecule has 2 heterocycles. The molecule has 1 saturated heterocycles. The molecule has 20 heavy (non-hydrogen) atoms. The number of allylic oxidation sites excluding steroid dienone is 1. The molecule has 0 unspecified atom stereocenters. The van der Waals surface area contributed by atoms with Gasteiger partial charge in [-0.1, -0.05) is 6.08 Å². The lowest BCUT2D eigenvalue weighted by atomic mass is 10.3. The van der Waals surface area contributed by atoms with Crippen LogP contribution in [-0.2, 0) is 16.1 Å². The lowest BCUT2D eigenvalue weighted by Gasteiger charge is -2.16. The highest BCUT2D eigenvalue weighted by atomic mass is 16.5. The average Bonchev–Trinajstić information content (AvgIpc) is 2.98. The van der Waals surface area contributed by atoms with Gasteiger partial charge < -0.3 is 9.64 Å². The van der Waals surface area contributed by atoms with Crippen LogP contribution in [0, 0.1) is 0 Å². The number of methoxy groups -OCH3 is 1. The van der Waals surface area contributed by atoms with E-state index in [4.69, 9.17) is 0 Å². The summed E-state index contributed by atoms with van der Waals surface area (Å²) in [6, 6.07) is 1.60. The zero-order valence-corrected chi connectivity index (χ0v) is 11.8. The summed E-state index contributed by atoms with van der Waals surface area (Å²) in [6.45, 7) is 3.87. The number of aromatic nitrogens is 2. The third-order valence-electron chi connectivity index (χ3n) is 3.40. The van der Waals surface area contributed by atoms with E-state index in [0.717, 1.165) is 31.6 Å². The van der Waals surface area contributed by atoms with E-state index in [2.05, 4.69) is 14.7 Å². The summed E-state index contributed by atoms with van der Waals surface area (Å²) >= 11 is 0. The quantitative estimate of drug-likeness (QED) is 0.606. The van der Waals surface area contributed by atoms with Crippen LogP contribution in [0.5, 0.6) is 0 Å². The van der Waals surface area contributed by atoms with Crippen LogP contribution in [0.4, 0.5) is 5.69 Å². The maximum Gasteiger partial charge on any atom is 0.333 e. The van der Waals surface area contributed by atoms with Crippen molar-refractivity contribution in [2.45, 2.75) is 26.3 Å². The van der Waals surface area contributed by atoms with Crippen LogP contribution in [0.3, 0.4) is 0 Å². The first-order valence-corrected chi connectivity index (χ1v) is 6.69. The molecule has 0 N–H and O–H groups in total. The van der Waals surface area contributed by atoms with E-state index >= 15 is 0 Å². The third-order valence-corrected chi connectivity index (χ3v) is 3.40. The Kier molecular flexibility index (Phi) is 4.55. The second-order valence-electron chi connectivity index (χ2n) is 4.81. The van der Waals surface area contributed by atoms with Crippen molar-refractivity contribution in [3.63, 3.8) is 0 Å². The van der Waals surface area contributed by atoms with Gasteiger partial charge >= 0.3 is 5.97 Å². The largest absolute Gasteiger partial charge is 0.466 e. The van der Waals surface area contributed by atoms with Crippen LogP contribution in [-0.4, -0.2) is 35.9 Å². The monoisotopic (exact) mass is 277 g/mol. The molecule has 0 aromatic carbocycles. The van der Waals surface area contributed by atoms with Crippen LogP contribution in [0.15, 0.2) is 28.7 Å². The van der Waals surface area contributed by atoms with Gasteiger partial charge in [0.2, 0.25) is 0 Å². The molecule has 1 aromatic rings. The zero-order chi connectivity index (χ0) is 14.5. The first kappa shape index (κ1) is 14.3. The van der Waals surface area contributed by atoms with Gasteiger partial charge in [-0.2, -0.15) is 5.10 Å². The third kappa shape index (κ3) is 3.26. The van der Waals surface area contributed by atoms with Crippen molar-refractivity contribution in [3.05, 3.63) is 34.3 Å². The molecule has 6 nitrogen and oxygen atoms in total. The lowest BCUT2D eigenvalue weighted by Crippen LogP contribution is -2.26. The van der Waals surface area contributed by atoms with E-state index in [0.29, 0.717) is 5.57 Å². The van der Waals surface area contributed by atoms with E-state index in [1.54, 1.807) is 25.3 Å². The topological polar surface area (TPSA) is 64.4 Å². The molecule has 108 valence electrons. The zero-order valence-electron chi connectivity index (χ0n) is 11.8. The first-order chi connectivity index (χ1) is 9.61. The summed E-state index contributed by atoms with van der Waals surface area (Å²) in [5.41, 5.74) is 1.17. The summed E-state index contributed by atoms with van der Waals surface area (Å²) in [5.74, 6) is -0.397. The summed E-state index contributed by atoms with van der Waals surface area (Å²) in [4.78, 5) is 25.4. The summed E-state index contributed by atoms with van der Waals surface area (Å²) in [5, 5.41) is 4.15. The smallest absolute Gasteiger partial charge is 0.333 e. The Morgan fingerprint density at radius 3 is 2.75 bits per heavy atom. The number of hydrogen-bond donors (Lipinski definition) is 0. The van der Waals surface area contributed by atoms with E-state index in [1.165, 1.54) is 11.8 Å². The molecule has 0 bridgehead atoms. The van der Waals surface area contributed by atoms with Gasteiger partial charge in [0.1, 0.15) is 0 Å². The number of hydrogen-bond acceptors (Lipinski definition) is 5. The molecule has 0 aliphatic carbocycles. The van der Waals surface area contributed by atoms with Gasteiger partial charge in [0.05, 0.1) is 25.5 Å². The number of carbonyl (C=O) groups is 1. The van der Waals surface area contributed by atoms with Gasteiger partial charge in [-0.25, -0.2) is 9.48 Å². The molecule has 1 aromatic heterocycles. The van der Waals surface area contributed by atoms with Gasteiger partial charge in [-0.05, 0) is 19.8 Å². The van der Waals surface area contributed by atoms with E-state index in [9.17, 15) is 9.59 Å². The van der Waals surface area contributed by atoms with Gasteiger partial charge in [-0.3, -0.25) is 4.79 Å². The van der Waals surface area contributed by atoms with Crippen molar-refractivity contribution in [3.8, 4) is 0 Å². The van der Waals surface area contributed by atoms with Crippen LogP contribution in [0.1, 0.15) is 19.8 Å². The molecule has 1 aliphatic rings. The minimum atomic E-state index is -0.397. The fraction of sp³-hybridized carbons (Fsp3) is 0.500. The van der Waals surface area contributed by atoms with Gasteiger partial charge in [0.15, 0.2) is 0 Å². The highest BCUT2D eigenvalue weighted by molar-refractivity contribution is 5.87. The molecular formula is C14H19N3O3.